The molecule has 8 N–H and O–H groups in total. The van der Waals surface area contributed by atoms with Gasteiger partial charge in [-0.25, -0.2) is 9.59 Å². The number of halogens is 3. The number of nitrogens with one attached hydrogen (secondary N) is 6. The number of H-pyrrole nitrogens is 2. The second-order valence-electron chi connectivity index (χ2n) is 16.0. The number of rotatable bonds is 12. The van der Waals surface area contributed by atoms with E-state index in [1.54, 1.807) is 18.2 Å². The van der Waals surface area contributed by atoms with Crippen LogP contribution in [0.5, 0.6) is 0 Å². The van der Waals surface area contributed by atoms with Gasteiger partial charge >= 0.3 is 18.2 Å². The molecule has 1 atom stereocenters. The molecule has 61 heavy (non-hydrogen) atoms. The highest BCUT2D eigenvalue weighted by atomic mass is 19.4. The molecule has 2 saturated carbocycles. The Labute approximate surface area is 349 Å². The smallest absolute Gasteiger partial charge is 0.475 e. The zero-order valence-corrected chi connectivity index (χ0v) is 34.2. The minimum absolute atomic E-state index is 0.0517. The molecular formula is C43H52F3N7O8. The van der Waals surface area contributed by atoms with E-state index < -0.39 is 24.3 Å². The fraction of sp³-hybridized carbons (Fsp3) is 0.442. The summed E-state index contributed by atoms with van der Waals surface area (Å²) in [4.78, 5) is 74.5. The molecule has 1 aromatic heterocycles. The number of fused-ring (bicyclic) bond motifs is 1. The topological polar surface area (TPSA) is 226 Å². The third-order valence-corrected chi connectivity index (χ3v) is 11.4. The van der Waals surface area contributed by atoms with Crippen molar-refractivity contribution in [3.05, 3.63) is 87.7 Å². The first-order valence-corrected chi connectivity index (χ1v) is 20.1. The van der Waals surface area contributed by atoms with E-state index >= 15 is 0 Å². The third-order valence-electron chi connectivity index (χ3n) is 11.4. The molecule has 2 fully saturated rings. The van der Waals surface area contributed by atoms with Gasteiger partial charge in [0.1, 0.15) is 6.04 Å². The van der Waals surface area contributed by atoms with Crippen LogP contribution in [0.2, 0.25) is 0 Å². The van der Waals surface area contributed by atoms with E-state index in [9.17, 15) is 37.1 Å². The molecule has 15 nitrogen and oxygen atoms in total. The van der Waals surface area contributed by atoms with Crippen molar-refractivity contribution in [1.82, 2.24) is 31.0 Å². The molecular weight excluding hydrogens is 800 g/mol. The summed E-state index contributed by atoms with van der Waals surface area (Å²) in [5.74, 6) is -3.51. The number of carboxylic acids is 1. The van der Waals surface area contributed by atoms with E-state index in [0.717, 1.165) is 47.9 Å². The lowest BCUT2D eigenvalue weighted by Crippen LogP contribution is -2.48. The van der Waals surface area contributed by atoms with Gasteiger partial charge in [-0.3, -0.25) is 29.4 Å². The van der Waals surface area contributed by atoms with E-state index in [2.05, 4.69) is 50.5 Å². The van der Waals surface area contributed by atoms with Gasteiger partial charge < -0.3 is 36.4 Å². The average molecular weight is 852 g/mol. The van der Waals surface area contributed by atoms with Crippen molar-refractivity contribution in [1.29, 1.82) is 0 Å². The molecule has 1 heterocycles. The zero-order chi connectivity index (χ0) is 44.4. The first-order valence-electron chi connectivity index (χ1n) is 20.1. The number of aryl methyl sites for hydroxylation is 1. The van der Waals surface area contributed by atoms with Crippen molar-refractivity contribution < 1.29 is 47.4 Å². The second-order valence-corrected chi connectivity index (χ2v) is 16.0. The van der Waals surface area contributed by atoms with Gasteiger partial charge in [0.25, 0.3) is 11.5 Å². The Morgan fingerprint density at radius 3 is 2.10 bits per heavy atom. The van der Waals surface area contributed by atoms with E-state index in [0.29, 0.717) is 60.4 Å². The SMILES string of the molecule is Cc1cc(C(=O)NC2CCC(N(C)C)CC2)ccc1-c1ccc(C[C@H](NC(=O)C2CCC(CNC(=O)O)CC2)C(=O)Nc2ccc3c(=O)[nH][nH]c3c2)cc1.O=C(O)C(F)(F)F. The first kappa shape index (κ1) is 45.9. The van der Waals surface area contributed by atoms with Crippen molar-refractivity contribution in [3.63, 3.8) is 0 Å². The molecule has 4 aromatic rings. The molecule has 0 bridgehead atoms. The monoisotopic (exact) mass is 851 g/mol. The van der Waals surface area contributed by atoms with Gasteiger partial charge in [0.05, 0.1) is 10.9 Å². The Morgan fingerprint density at radius 2 is 1.51 bits per heavy atom. The summed E-state index contributed by atoms with van der Waals surface area (Å²) in [5.41, 5.74) is 5.21. The Balaban J connectivity index is 0.000000925. The van der Waals surface area contributed by atoms with Gasteiger partial charge in [-0.2, -0.15) is 13.2 Å². The molecule has 2 aliphatic carbocycles. The quantitative estimate of drug-likeness (QED) is 0.0860. The van der Waals surface area contributed by atoms with Gasteiger partial charge in [0, 0.05) is 42.2 Å². The maximum atomic E-state index is 13.8. The van der Waals surface area contributed by atoms with Crippen molar-refractivity contribution in [3.8, 4) is 11.1 Å². The van der Waals surface area contributed by atoms with E-state index in [4.69, 9.17) is 15.0 Å². The normalized spacial score (nSPS) is 19.5. The molecule has 18 heteroatoms. The minimum atomic E-state index is -5.08. The lowest BCUT2D eigenvalue weighted by atomic mass is 9.81. The molecule has 4 amide bonds. The lowest BCUT2D eigenvalue weighted by molar-refractivity contribution is -0.192. The predicted molar refractivity (Wildman–Crippen MR) is 222 cm³/mol. The van der Waals surface area contributed by atoms with Crippen LogP contribution in [0.4, 0.5) is 23.7 Å². The number of amides is 4. The largest absolute Gasteiger partial charge is 0.490 e. The number of aromatic amines is 2. The van der Waals surface area contributed by atoms with Crippen LogP contribution in [0.1, 0.15) is 72.9 Å². The highest BCUT2D eigenvalue weighted by Crippen LogP contribution is 2.30. The number of aromatic nitrogens is 2. The Kier molecular flexibility index (Phi) is 15.3. The van der Waals surface area contributed by atoms with Gasteiger partial charge in [-0.15, -0.1) is 0 Å². The van der Waals surface area contributed by atoms with Crippen LogP contribution in [0.25, 0.3) is 22.0 Å². The van der Waals surface area contributed by atoms with Gasteiger partial charge in [0.2, 0.25) is 11.8 Å². The number of carbonyl (C=O) groups excluding carboxylic acids is 3. The van der Waals surface area contributed by atoms with Crippen LogP contribution < -0.4 is 26.8 Å². The van der Waals surface area contributed by atoms with E-state index in [1.165, 1.54) is 0 Å². The van der Waals surface area contributed by atoms with E-state index in [1.807, 2.05) is 49.4 Å². The number of aliphatic carboxylic acids is 1. The van der Waals surface area contributed by atoms with Crippen LogP contribution in [0.3, 0.4) is 0 Å². The molecule has 328 valence electrons. The van der Waals surface area contributed by atoms with Crippen molar-refractivity contribution in [2.75, 3.05) is 26.0 Å². The summed E-state index contributed by atoms with van der Waals surface area (Å²) < 4.78 is 31.7. The van der Waals surface area contributed by atoms with Crippen molar-refractivity contribution >= 4 is 46.4 Å². The van der Waals surface area contributed by atoms with Crippen molar-refractivity contribution in [2.45, 2.75) is 89.0 Å². The maximum absolute atomic E-state index is 13.8. The number of benzene rings is 3. The van der Waals surface area contributed by atoms with Crippen LogP contribution in [-0.2, 0) is 20.8 Å². The molecule has 6 rings (SSSR count). The highest BCUT2D eigenvalue weighted by Gasteiger charge is 2.38. The summed E-state index contributed by atoms with van der Waals surface area (Å²) in [5, 5.41) is 33.5. The lowest BCUT2D eigenvalue weighted by Gasteiger charge is -2.33. The van der Waals surface area contributed by atoms with Gasteiger partial charge in [-0.1, -0.05) is 30.3 Å². The Morgan fingerprint density at radius 1 is 0.852 bits per heavy atom. The molecule has 0 spiro atoms. The van der Waals surface area contributed by atoms with Crippen LogP contribution in [0, 0.1) is 18.8 Å². The molecule has 0 unspecified atom stereocenters. The average Bonchev–Trinajstić information content (AvgIpc) is 3.59. The summed E-state index contributed by atoms with van der Waals surface area (Å²) in [6, 6.07) is 18.4. The molecule has 0 saturated heterocycles. The van der Waals surface area contributed by atoms with Gasteiger partial charge in [-0.05, 0) is 131 Å². The summed E-state index contributed by atoms with van der Waals surface area (Å²) in [6.45, 7) is 2.35. The molecule has 0 radical (unpaired) electrons. The zero-order valence-electron chi connectivity index (χ0n) is 34.2. The summed E-state index contributed by atoms with van der Waals surface area (Å²) in [7, 11) is 4.22. The van der Waals surface area contributed by atoms with Gasteiger partial charge in [0.15, 0.2) is 0 Å². The minimum Gasteiger partial charge on any atom is -0.475 e. The first-order chi connectivity index (χ1) is 28.9. The molecule has 2 aliphatic rings. The number of hydrogen-bond donors (Lipinski definition) is 8. The third kappa shape index (κ3) is 12.9. The number of carboxylic acid groups (broad SMARTS) is 2. The van der Waals surface area contributed by atoms with Crippen LogP contribution >= 0.6 is 0 Å². The second kappa shape index (κ2) is 20.4. The fourth-order valence-corrected chi connectivity index (χ4v) is 7.89. The predicted octanol–water partition coefficient (Wildman–Crippen LogP) is 5.81. The van der Waals surface area contributed by atoms with Crippen LogP contribution in [0.15, 0.2) is 65.5 Å². The Hall–Kier alpha value is -6.17. The van der Waals surface area contributed by atoms with E-state index in [-0.39, 0.29) is 47.6 Å². The number of anilines is 1. The highest BCUT2D eigenvalue weighted by molar-refractivity contribution is 5.99. The fourth-order valence-electron chi connectivity index (χ4n) is 7.89. The standard InChI is InChI=1S/C41H51N7O6.C2HF3O2/c1-24-20-29(38(50)43-30-13-16-32(17-14-30)48(2)3)12-18-33(24)27-8-4-25(5-9-27)21-36(40(52)44-31-15-19-34-35(22-31)46-47-39(34)51)45-37(49)28-10-6-26(7-11-28)23-42-41(53)54;3-2(4,5)1(6)7/h4-5,8-9,12,15,18-20,22,26,28,30,32,36,42H,6-7,10-11,13-14,16-17,21,23H2,1-3H3,(H,43,50)(H,44,52)(H,45,49)(H,53,54)(H2,46,47,51);(H,6,7)/t26?,28?,30?,32?,36-;/m0./s1. The number of alkyl halides is 3. The van der Waals surface area contributed by atoms with Crippen LogP contribution in [-0.4, -0.2) is 100 Å². The van der Waals surface area contributed by atoms with Crippen molar-refractivity contribution in [2.24, 2.45) is 11.8 Å². The number of carbonyl (C=O) groups is 5. The maximum Gasteiger partial charge on any atom is 0.490 e. The number of hydrogen-bond acceptors (Lipinski definition) is 7. The summed E-state index contributed by atoms with van der Waals surface area (Å²) in [6.07, 6.45) is 0.860. The molecule has 3 aromatic carbocycles. The Bertz CT molecular complexity index is 2240. The summed E-state index contributed by atoms with van der Waals surface area (Å²) >= 11 is 0. The number of nitrogens with zero attached hydrogens (tertiary/aromatic N) is 1. The molecule has 0 aliphatic heterocycles.